The highest BCUT2D eigenvalue weighted by Crippen LogP contribution is 2.35. The molecule has 3 aromatic heterocycles. The molecule has 0 aliphatic carbocycles. The second-order valence-electron chi connectivity index (χ2n) is 8.56. The largest absolute Gasteiger partial charge is 0.497 e. The zero-order valence-electron chi connectivity index (χ0n) is 19.2. The fraction of sp³-hybridized carbons (Fsp3) is 0.417. The van der Waals surface area contributed by atoms with E-state index in [2.05, 4.69) is 47.1 Å². The average molecular weight is 433 g/mol. The summed E-state index contributed by atoms with van der Waals surface area (Å²) in [6, 6.07) is 8.55. The predicted molar refractivity (Wildman–Crippen MR) is 122 cm³/mol. The van der Waals surface area contributed by atoms with E-state index in [1.807, 2.05) is 24.4 Å². The van der Waals surface area contributed by atoms with E-state index in [0.717, 1.165) is 71.1 Å². The Labute approximate surface area is 187 Å². The molecule has 1 saturated heterocycles. The number of ether oxygens (including phenoxy) is 1. The number of anilines is 1. The fourth-order valence-corrected chi connectivity index (χ4v) is 4.76. The van der Waals surface area contributed by atoms with Crippen LogP contribution in [0.2, 0.25) is 0 Å². The van der Waals surface area contributed by atoms with E-state index in [1.54, 1.807) is 7.11 Å². The lowest BCUT2D eigenvalue weighted by atomic mass is 10.0. The number of hydrogen-bond donors (Lipinski definition) is 0. The first-order chi connectivity index (χ1) is 15.4. The number of benzene rings is 1. The maximum atomic E-state index is 5.40. The topological polar surface area (TPSA) is 81.6 Å². The van der Waals surface area contributed by atoms with Crippen LogP contribution in [-0.2, 0) is 6.42 Å². The Balaban J connectivity index is 1.60. The lowest BCUT2D eigenvalue weighted by Gasteiger charge is -2.26. The second kappa shape index (κ2) is 7.93. The van der Waals surface area contributed by atoms with Crippen LogP contribution in [0.25, 0.3) is 16.8 Å². The first-order valence-electron chi connectivity index (χ1n) is 11.0. The number of nitrogens with zero attached hydrogens (tertiary/aromatic N) is 6. The van der Waals surface area contributed by atoms with Gasteiger partial charge in [-0.3, -0.25) is 0 Å². The molecule has 1 aliphatic heterocycles. The molecule has 0 spiro atoms. The highest BCUT2D eigenvalue weighted by Gasteiger charge is 2.30. The normalized spacial score (nSPS) is 16.3. The molecule has 5 rings (SSSR count). The fourth-order valence-electron chi connectivity index (χ4n) is 4.76. The summed E-state index contributed by atoms with van der Waals surface area (Å²) in [4.78, 5) is 11.7. The maximum absolute atomic E-state index is 5.40. The summed E-state index contributed by atoms with van der Waals surface area (Å²) in [6.45, 7) is 9.01. The van der Waals surface area contributed by atoms with Gasteiger partial charge >= 0.3 is 0 Å². The predicted octanol–water partition coefficient (Wildman–Crippen LogP) is 4.23. The first kappa shape index (κ1) is 20.5. The average Bonchev–Trinajstić information content (AvgIpc) is 3.47. The molecular weight excluding hydrogens is 404 g/mol. The van der Waals surface area contributed by atoms with E-state index < -0.39 is 0 Å². The Hall–Kier alpha value is -3.42. The molecule has 1 atom stereocenters. The van der Waals surface area contributed by atoms with Crippen molar-refractivity contribution in [2.75, 3.05) is 18.6 Å². The van der Waals surface area contributed by atoms with Gasteiger partial charge in [0, 0.05) is 36.3 Å². The van der Waals surface area contributed by atoms with E-state index in [-0.39, 0.29) is 6.04 Å². The van der Waals surface area contributed by atoms with Crippen molar-refractivity contribution in [2.24, 2.45) is 0 Å². The van der Waals surface area contributed by atoms with Gasteiger partial charge in [-0.15, -0.1) is 0 Å². The molecule has 0 N–H and O–H groups in total. The minimum absolute atomic E-state index is 0.288. The van der Waals surface area contributed by atoms with Gasteiger partial charge in [-0.25, -0.2) is 4.98 Å². The monoisotopic (exact) mass is 432 g/mol. The number of aromatic nitrogens is 5. The molecule has 1 fully saturated rings. The molecule has 0 amide bonds. The van der Waals surface area contributed by atoms with Crippen molar-refractivity contribution in [1.29, 1.82) is 0 Å². The van der Waals surface area contributed by atoms with Gasteiger partial charge in [-0.2, -0.15) is 14.6 Å². The van der Waals surface area contributed by atoms with Crippen molar-refractivity contribution in [1.82, 2.24) is 24.7 Å². The Morgan fingerprint density at radius 2 is 1.97 bits per heavy atom. The molecule has 0 unspecified atom stereocenters. The summed E-state index contributed by atoms with van der Waals surface area (Å²) in [5.74, 6) is 3.27. The van der Waals surface area contributed by atoms with Crippen LogP contribution < -0.4 is 9.64 Å². The molecular formula is C24H28N6O2. The molecule has 0 bridgehead atoms. The summed E-state index contributed by atoms with van der Waals surface area (Å²) in [5.41, 5.74) is 6.14. The van der Waals surface area contributed by atoms with Crippen LogP contribution in [0.5, 0.6) is 5.75 Å². The van der Waals surface area contributed by atoms with Crippen molar-refractivity contribution in [3.8, 4) is 16.9 Å². The summed E-state index contributed by atoms with van der Waals surface area (Å²) < 4.78 is 12.8. The Bertz CT molecular complexity index is 1290. The van der Waals surface area contributed by atoms with Crippen LogP contribution in [0.15, 0.2) is 28.8 Å². The van der Waals surface area contributed by atoms with Gasteiger partial charge in [0.2, 0.25) is 5.89 Å². The Morgan fingerprint density at radius 3 is 2.69 bits per heavy atom. The smallest absolute Gasteiger partial charge is 0.228 e. The van der Waals surface area contributed by atoms with E-state index in [0.29, 0.717) is 11.7 Å². The van der Waals surface area contributed by atoms with Crippen LogP contribution in [-0.4, -0.2) is 44.4 Å². The van der Waals surface area contributed by atoms with Crippen LogP contribution in [0.1, 0.15) is 41.5 Å². The van der Waals surface area contributed by atoms with Gasteiger partial charge < -0.3 is 14.2 Å². The summed E-state index contributed by atoms with van der Waals surface area (Å²) >= 11 is 0. The van der Waals surface area contributed by atoms with E-state index in [9.17, 15) is 0 Å². The van der Waals surface area contributed by atoms with Crippen molar-refractivity contribution >= 4 is 11.5 Å². The molecule has 4 heterocycles. The number of rotatable bonds is 5. The molecule has 4 aromatic rings. The molecule has 8 heteroatoms. The Kier molecular flexibility index (Phi) is 5.07. The zero-order valence-corrected chi connectivity index (χ0v) is 19.2. The third-order valence-corrected chi connectivity index (χ3v) is 6.23. The highest BCUT2D eigenvalue weighted by molar-refractivity contribution is 5.83. The lowest BCUT2D eigenvalue weighted by molar-refractivity contribution is 0.365. The van der Waals surface area contributed by atoms with Crippen molar-refractivity contribution < 1.29 is 9.26 Å². The Morgan fingerprint density at radius 1 is 1.12 bits per heavy atom. The minimum atomic E-state index is 0.288. The number of fused-ring (bicyclic) bond motifs is 1. The number of aryl methyl sites for hydroxylation is 4. The van der Waals surface area contributed by atoms with Gasteiger partial charge in [-0.05, 0) is 63.8 Å². The lowest BCUT2D eigenvalue weighted by Crippen LogP contribution is -2.33. The SMILES string of the molecule is COc1ccc(-c2c(C)nn3c(N4CCC[C@H]4Cc4nc(C)no4)cc(C)nc23)c(C)c1. The van der Waals surface area contributed by atoms with Crippen molar-refractivity contribution in [3.05, 3.63) is 52.9 Å². The molecule has 0 saturated carbocycles. The molecule has 1 aromatic carbocycles. The number of hydrogen-bond acceptors (Lipinski definition) is 7. The molecule has 32 heavy (non-hydrogen) atoms. The van der Waals surface area contributed by atoms with Crippen LogP contribution in [0.4, 0.5) is 5.82 Å². The van der Waals surface area contributed by atoms with Gasteiger partial charge in [0.15, 0.2) is 11.5 Å². The second-order valence-corrected chi connectivity index (χ2v) is 8.56. The first-order valence-corrected chi connectivity index (χ1v) is 11.0. The van der Waals surface area contributed by atoms with Crippen LogP contribution >= 0.6 is 0 Å². The van der Waals surface area contributed by atoms with E-state index in [4.69, 9.17) is 19.3 Å². The van der Waals surface area contributed by atoms with E-state index >= 15 is 0 Å². The maximum Gasteiger partial charge on any atom is 0.228 e. The van der Waals surface area contributed by atoms with Crippen molar-refractivity contribution in [3.63, 3.8) is 0 Å². The summed E-state index contributed by atoms with van der Waals surface area (Å²) in [6.07, 6.45) is 2.93. The van der Waals surface area contributed by atoms with Crippen LogP contribution in [0, 0.1) is 27.7 Å². The summed E-state index contributed by atoms with van der Waals surface area (Å²) in [5, 5.41) is 8.88. The standard InChI is InChI=1S/C24H28N6O2/c1-14-11-19(31-5)8-9-20(14)23-16(3)27-30-22(12-15(2)25-24(23)30)29-10-6-7-18(29)13-21-26-17(4)28-32-21/h8-9,11-12,18H,6-7,10,13H2,1-5H3/t18-/m0/s1. The third kappa shape index (κ3) is 3.49. The zero-order chi connectivity index (χ0) is 22.4. The van der Waals surface area contributed by atoms with Gasteiger partial charge in [-0.1, -0.05) is 11.2 Å². The molecule has 1 aliphatic rings. The molecule has 0 radical (unpaired) electrons. The summed E-state index contributed by atoms with van der Waals surface area (Å²) in [7, 11) is 1.69. The quantitative estimate of drug-likeness (QED) is 0.467. The molecule has 8 nitrogen and oxygen atoms in total. The number of methoxy groups -OCH3 is 1. The highest BCUT2D eigenvalue weighted by atomic mass is 16.5. The third-order valence-electron chi connectivity index (χ3n) is 6.23. The van der Waals surface area contributed by atoms with Crippen LogP contribution in [0.3, 0.4) is 0 Å². The minimum Gasteiger partial charge on any atom is -0.497 e. The van der Waals surface area contributed by atoms with Gasteiger partial charge in [0.25, 0.3) is 0 Å². The van der Waals surface area contributed by atoms with Crippen molar-refractivity contribution in [2.45, 2.75) is 53.0 Å². The van der Waals surface area contributed by atoms with Gasteiger partial charge in [0.1, 0.15) is 11.6 Å². The molecule has 166 valence electrons. The van der Waals surface area contributed by atoms with E-state index in [1.165, 1.54) is 0 Å². The van der Waals surface area contributed by atoms with Gasteiger partial charge in [0.05, 0.1) is 12.8 Å².